The van der Waals surface area contributed by atoms with Gasteiger partial charge in [0, 0.05) is 24.0 Å². The van der Waals surface area contributed by atoms with E-state index in [0.29, 0.717) is 11.4 Å². The largest absolute Gasteiger partial charge is 0.480 e. The molecule has 4 nitrogen and oxygen atoms in total. The van der Waals surface area contributed by atoms with E-state index < -0.39 is 12.0 Å². The topological polar surface area (TPSA) is 53.4 Å². The molecule has 2 heterocycles. The number of aromatic nitrogens is 1. The van der Waals surface area contributed by atoms with E-state index in [-0.39, 0.29) is 6.04 Å². The van der Waals surface area contributed by atoms with Crippen LogP contribution in [0.2, 0.25) is 5.02 Å². The molecule has 1 N–H and O–H groups in total. The molecule has 1 aliphatic heterocycles. The van der Waals surface area contributed by atoms with Gasteiger partial charge in [0.15, 0.2) is 0 Å². The molecule has 2 aromatic rings. The second-order valence-electron chi connectivity index (χ2n) is 5.92. The second-order valence-corrected chi connectivity index (χ2v) is 6.36. The van der Waals surface area contributed by atoms with Crippen molar-refractivity contribution in [3.8, 4) is 0 Å². The zero-order valence-corrected chi connectivity index (χ0v) is 13.7. The Balaban J connectivity index is 2.11. The van der Waals surface area contributed by atoms with Gasteiger partial charge in [-0.15, -0.1) is 0 Å². The van der Waals surface area contributed by atoms with Gasteiger partial charge < -0.3 is 5.11 Å². The summed E-state index contributed by atoms with van der Waals surface area (Å²) in [6, 6.07) is 9.05. The highest BCUT2D eigenvalue weighted by Crippen LogP contribution is 2.36. The van der Waals surface area contributed by atoms with Gasteiger partial charge >= 0.3 is 5.97 Å². The Labute approximate surface area is 140 Å². The molecule has 2 unspecified atom stereocenters. The fourth-order valence-corrected chi connectivity index (χ4v) is 3.58. The second kappa shape index (κ2) is 6.69. The van der Waals surface area contributed by atoms with E-state index in [2.05, 4.69) is 9.88 Å². The molecule has 5 heteroatoms. The number of pyridine rings is 1. The maximum absolute atomic E-state index is 11.7. The highest BCUT2D eigenvalue weighted by Gasteiger charge is 2.37. The maximum atomic E-state index is 11.7. The summed E-state index contributed by atoms with van der Waals surface area (Å²) in [7, 11) is 0. The van der Waals surface area contributed by atoms with Gasteiger partial charge in [-0.25, -0.2) is 0 Å². The van der Waals surface area contributed by atoms with Crippen molar-refractivity contribution in [3.05, 3.63) is 64.4 Å². The summed E-state index contributed by atoms with van der Waals surface area (Å²) in [5.74, 6) is -0.763. The van der Waals surface area contributed by atoms with Crippen LogP contribution in [-0.2, 0) is 4.79 Å². The van der Waals surface area contributed by atoms with Crippen molar-refractivity contribution < 1.29 is 9.90 Å². The Kier molecular flexibility index (Phi) is 4.64. The van der Waals surface area contributed by atoms with Crippen molar-refractivity contribution >= 4 is 17.6 Å². The number of carbonyl (C=O) groups is 1. The average Bonchev–Trinajstić information content (AvgIpc) is 2.99. The highest BCUT2D eigenvalue weighted by molar-refractivity contribution is 6.30. The molecule has 23 heavy (non-hydrogen) atoms. The van der Waals surface area contributed by atoms with E-state index in [1.54, 1.807) is 6.20 Å². The summed E-state index contributed by atoms with van der Waals surface area (Å²) < 4.78 is 0. The molecule has 0 aliphatic carbocycles. The van der Waals surface area contributed by atoms with E-state index in [4.69, 9.17) is 11.6 Å². The lowest BCUT2D eigenvalue weighted by atomic mass is 9.94. The van der Waals surface area contributed by atoms with Crippen LogP contribution in [-0.4, -0.2) is 33.5 Å². The number of rotatable bonds is 4. The normalized spacial score (nSPS) is 19.7. The zero-order chi connectivity index (χ0) is 16.4. The number of hydrogen-bond acceptors (Lipinski definition) is 3. The Bertz CT molecular complexity index is 720. The first-order valence-corrected chi connectivity index (χ1v) is 8.10. The minimum absolute atomic E-state index is 0.125. The molecule has 1 aromatic heterocycles. The van der Waals surface area contributed by atoms with Crippen molar-refractivity contribution in [2.24, 2.45) is 0 Å². The Hall–Kier alpha value is -1.91. The van der Waals surface area contributed by atoms with Gasteiger partial charge in [-0.3, -0.25) is 14.7 Å². The summed E-state index contributed by atoms with van der Waals surface area (Å²) in [5.41, 5.74) is 3.14. The van der Waals surface area contributed by atoms with Gasteiger partial charge in [-0.1, -0.05) is 23.7 Å². The molecule has 1 fully saturated rings. The number of likely N-dealkylation sites (tertiary alicyclic amines) is 1. The molecule has 1 aromatic carbocycles. The van der Waals surface area contributed by atoms with Crippen LogP contribution in [0.3, 0.4) is 0 Å². The molecule has 0 amide bonds. The lowest BCUT2D eigenvalue weighted by molar-refractivity contribution is -0.142. The van der Waals surface area contributed by atoms with Gasteiger partial charge in [0.1, 0.15) is 6.04 Å². The van der Waals surface area contributed by atoms with Crippen LogP contribution >= 0.6 is 11.6 Å². The van der Waals surface area contributed by atoms with Crippen LogP contribution in [0.1, 0.15) is 35.6 Å². The molecule has 0 saturated carbocycles. The summed E-state index contributed by atoms with van der Waals surface area (Å²) in [5, 5.41) is 10.2. The third kappa shape index (κ3) is 3.23. The fourth-order valence-electron chi connectivity index (χ4n) is 3.38. The van der Waals surface area contributed by atoms with E-state index in [9.17, 15) is 9.90 Å². The summed E-state index contributed by atoms with van der Waals surface area (Å²) >= 11 is 6.17. The molecule has 0 bridgehead atoms. The molecule has 3 rings (SSSR count). The lowest BCUT2D eigenvalue weighted by Gasteiger charge is -2.32. The number of benzene rings is 1. The molecule has 120 valence electrons. The van der Waals surface area contributed by atoms with E-state index in [0.717, 1.165) is 29.7 Å². The predicted molar refractivity (Wildman–Crippen MR) is 89.6 cm³/mol. The molecule has 0 spiro atoms. The number of halogens is 1. The Morgan fingerprint density at radius 2 is 2.26 bits per heavy atom. The molecular formula is C18H19ClN2O2. The standard InChI is InChI=1S/C18H19ClN2O2/c1-12-11-20-8-7-15(12)17(13-4-2-5-14(19)10-13)21-9-3-6-16(21)18(22)23/h2,4-5,7-8,10-11,16-17H,3,6,9H2,1H3,(H,22,23). The van der Waals surface area contributed by atoms with Crippen LogP contribution < -0.4 is 0 Å². The first-order valence-electron chi connectivity index (χ1n) is 7.72. The van der Waals surface area contributed by atoms with Gasteiger partial charge in [0.05, 0.1) is 6.04 Å². The van der Waals surface area contributed by atoms with Gasteiger partial charge in [-0.05, 0) is 54.7 Å². The summed E-state index contributed by atoms with van der Waals surface area (Å²) in [6.45, 7) is 2.77. The SMILES string of the molecule is Cc1cnccc1C(c1cccc(Cl)c1)N1CCCC1C(=O)O. The molecule has 1 saturated heterocycles. The minimum Gasteiger partial charge on any atom is -0.480 e. The Morgan fingerprint density at radius 3 is 2.96 bits per heavy atom. The maximum Gasteiger partial charge on any atom is 0.320 e. The van der Waals surface area contributed by atoms with Crippen LogP contribution in [0.5, 0.6) is 0 Å². The number of carboxylic acid groups (broad SMARTS) is 1. The monoisotopic (exact) mass is 330 g/mol. The number of aliphatic carboxylic acids is 1. The smallest absolute Gasteiger partial charge is 0.320 e. The first-order chi connectivity index (χ1) is 11.1. The highest BCUT2D eigenvalue weighted by atomic mass is 35.5. The van der Waals surface area contributed by atoms with Crippen molar-refractivity contribution in [1.82, 2.24) is 9.88 Å². The third-order valence-corrected chi connectivity index (χ3v) is 4.67. The number of aryl methyl sites for hydroxylation is 1. The number of carboxylic acids is 1. The number of hydrogen-bond donors (Lipinski definition) is 1. The summed E-state index contributed by atoms with van der Waals surface area (Å²) in [4.78, 5) is 17.9. The van der Waals surface area contributed by atoms with Gasteiger partial charge in [0.25, 0.3) is 0 Å². The molecule has 2 atom stereocenters. The van der Waals surface area contributed by atoms with Crippen molar-refractivity contribution in [1.29, 1.82) is 0 Å². The quantitative estimate of drug-likeness (QED) is 0.929. The number of nitrogens with zero attached hydrogens (tertiary/aromatic N) is 2. The van der Waals surface area contributed by atoms with Crippen molar-refractivity contribution in [3.63, 3.8) is 0 Å². The zero-order valence-electron chi connectivity index (χ0n) is 12.9. The summed E-state index contributed by atoms with van der Waals surface area (Å²) in [6.07, 6.45) is 5.14. The van der Waals surface area contributed by atoms with E-state index >= 15 is 0 Å². The van der Waals surface area contributed by atoms with Gasteiger partial charge in [-0.2, -0.15) is 0 Å². The van der Waals surface area contributed by atoms with Gasteiger partial charge in [0.2, 0.25) is 0 Å². The minimum atomic E-state index is -0.763. The van der Waals surface area contributed by atoms with Crippen LogP contribution in [0.15, 0.2) is 42.7 Å². The first kappa shape index (κ1) is 16.0. The lowest BCUT2D eigenvalue weighted by Crippen LogP contribution is -2.39. The van der Waals surface area contributed by atoms with E-state index in [1.165, 1.54) is 0 Å². The van der Waals surface area contributed by atoms with Crippen LogP contribution in [0.25, 0.3) is 0 Å². The average molecular weight is 331 g/mol. The molecule has 1 aliphatic rings. The molecular weight excluding hydrogens is 312 g/mol. The van der Waals surface area contributed by atoms with Crippen LogP contribution in [0.4, 0.5) is 0 Å². The van der Waals surface area contributed by atoms with Crippen molar-refractivity contribution in [2.75, 3.05) is 6.54 Å². The van der Waals surface area contributed by atoms with E-state index in [1.807, 2.05) is 43.5 Å². The third-order valence-electron chi connectivity index (χ3n) is 4.43. The van der Waals surface area contributed by atoms with Crippen LogP contribution in [0, 0.1) is 6.92 Å². The predicted octanol–water partition coefficient (Wildman–Crippen LogP) is 3.68. The molecule has 0 radical (unpaired) electrons. The Morgan fingerprint density at radius 1 is 1.43 bits per heavy atom. The van der Waals surface area contributed by atoms with Crippen molar-refractivity contribution in [2.45, 2.75) is 31.8 Å². The fraction of sp³-hybridized carbons (Fsp3) is 0.333.